The molecule has 178 valence electrons. The zero-order chi connectivity index (χ0) is 23.8. The molecule has 1 amide bonds. The summed E-state index contributed by atoms with van der Waals surface area (Å²) in [6, 6.07) is 11.2. The van der Waals surface area contributed by atoms with E-state index in [1.165, 1.54) is 32.9 Å². The van der Waals surface area contributed by atoms with Gasteiger partial charge in [-0.1, -0.05) is 17.7 Å². The van der Waals surface area contributed by atoms with Crippen LogP contribution in [0.4, 0.5) is 11.4 Å². The first-order valence-corrected chi connectivity index (χ1v) is 14.2. The normalized spacial score (nSPS) is 19.3. The molecule has 1 unspecified atom stereocenters. The van der Waals surface area contributed by atoms with Gasteiger partial charge in [0.25, 0.3) is 10.0 Å². The molecule has 11 heteroatoms. The van der Waals surface area contributed by atoms with Crippen molar-refractivity contribution in [3.63, 3.8) is 0 Å². The molecule has 1 N–H and O–H groups in total. The highest BCUT2D eigenvalue weighted by molar-refractivity contribution is 7.92. The van der Waals surface area contributed by atoms with Gasteiger partial charge >= 0.3 is 0 Å². The quantitative estimate of drug-likeness (QED) is 0.641. The Morgan fingerprint density at radius 3 is 2.52 bits per heavy atom. The van der Waals surface area contributed by atoms with E-state index < -0.39 is 26.0 Å². The monoisotopic (exact) mass is 511 g/mol. The molecule has 33 heavy (non-hydrogen) atoms. The van der Waals surface area contributed by atoms with Crippen molar-refractivity contribution in [3.05, 3.63) is 53.1 Å². The Hall–Kier alpha value is -2.14. The predicted octanol–water partition coefficient (Wildman–Crippen LogP) is 3.09. The molecule has 0 aliphatic carbocycles. The van der Waals surface area contributed by atoms with Gasteiger partial charge in [0.2, 0.25) is 15.9 Å². The second-order valence-electron chi connectivity index (χ2n) is 8.21. The number of amides is 1. The second kappa shape index (κ2) is 9.25. The fourth-order valence-corrected chi connectivity index (χ4v) is 7.05. The number of carbonyl (C=O) groups is 1. The SMILES string of the molecule is CCS(=O)(=O)N1CCCC(C(=O)Nc2ccc3c(c2)N(S(=O)(=O)c2ccc(Cl)cc2)CC3)C1. The minimum Gasteiger partial charge on any atom is -0.326 e. The summed E-state index contributed by atoms with van der Waals surface area (Å²) in [6.07, 6.45) is 1.79. The summed E-state index contributed by atoms with van der Waals surface area (Å²) < 4.78 is 53.5. The minimum absolute atomic E-state index is 0.00406. The van der Waals surface area contributed by atoms with Crippen LogP contribution in [0.5, 0.6) is 0 Å². The number of rotatable bonds is 6. The second-order valence-corrected chi connectivity index (χ2v) is 12.8. The van der Waals surface area contributed by atoms with Crippen LogP contribution in [0.15, 0.2) is 47.4 Å². The van der Waals surface area contributed by atoms with Gasteiger partial charge < -0.3 is 5.32 Å². The number of sulfonamides is 2. The van der Waals surface area contributed by atoms with Crippen LogP contribution in [-0.2, 0) is 31.3 Å². The maximum atomic E-state index is 13.2. The summed E-state index contributed by atoms with van der Waals surface area (Å²) in [5, 5.41) is 3.30. The van der Waals surface area contributed by atoms with E-state index in [2.05, 4.69) is 5.32 Å². The highest BCUT2D eigenvalue weighted by Crippen LogP contribution is 2.35. The summed E-state index contributed by atoms with van der Waals surface area (Å²) in [4.78, 5) is 13.0. The highest BCUT2D eigenvalue weighted by Gasteiger charge is 2.33. The number of nitrogens with one attached hydrogen (secondary N) is 1. The van der Waals surface area contributed by atoms with Crippen molar-refractivity contribution in [2.75, 3.05) is 35.0 Å². The van der Waals surface area contributed by atoms with Gasteiger partial charge in [-0.2, -0.15) is 0 Å². The van der Waals surface area contributed by atoms with E-state index in [1.807, 2.05) is 6.07 Å². The molecule has 1 atom stereocenters. The third kappa shape index (κ3) is 4.89. The van der Waals surface area contributed by atoms with Crippen molar-refractivity contribution < 1.29 is 21.6 Å². The lowest BCUT2D eigenvalue weighted by Crippen LogP contribution is -2.44. The number of piperidine rings is 1. The first-order valence-electron chi connectivity index (χ1n) is 10.8. The van der Waals surface area contributed by atoms with Gasteiger partial charge in [0.15, 0.2) is 0 Å². The van der Waals surface area contributed by atoms with Crippen molar-refractivity contribution in [3.8, 4) is 0 Å². The number of carbonyl (C=O) groups excluding carboxylic acids is 1. The number of anilines is 2. The van der Waals surface area contributed by atoms with E-state index >= 15 is 0 Å². The van der Waals surface area contributed by atoms with Crippen LogP contribution < -0.4 is 9.62 Å². The van der Waals surface area contributed by atoms with Crippen molar-refractivity contribution in [1.82, 2.24) is 4.31 Å². The van der Waals surface area contributed by atoms with Crippen LogP contribution in [0.3, 0.4) is 0 Å². The average molecular weight is 512 g/mol. The third-order valence-electron chi connectivity index (χ3n) is 6.12. The lowest BCUT2D eigenvalue weighted by Gasteiger charge is -2.31. The van der Waals surface area contributed by atoms with E-state index in [0.29, 0.717) is 48.7 Å². The van der Waals surface area contributed by atoms with Crippen molar-refractivity contribution in [2.24, 2.45) is 5.92 Å². The summed E-state index contributed by atoms with van der Waals surface area (Å²) in [5.41, 5.74) is 1.89. The molecule has 2 heterocycles. The van der Waals surface area contributed by atoms with E-state index in [9.17, 15) is 21.6 Å². The number of benzene rings is 2. The van der Waals surface area contributed by atoms with Crippen LogP contribution in [0, 0.1) is 5.92 Å². The van der Waals surface area contributed by atoms with Crippen LogP contribution in [0.2, 0.25) is 5.02 Å². The van der Waals surface area contributed by atoms with Gasteiger partial charge in [-0.05, 0) is 68.1 Å². The maximum absolute atomic E-state index is 13.2. The molecule has 0 radical (unpaired) electrons. The number of hydrogen-bond donors (Lipinski definition) is 1. The first kappa shape index (κ1) is 24.0. The predicted molar refractivity (Wildman–Crippen MR) is 129 cm³/mol. The zero-order valence-corrected chi connectivity index (χ0v) is 20.6. The molecule has 0 aromatic heterocycles. The standard InChI is InChI=1S/C22H26ClN3O5S2/c1-2-32(28,29)25-12-3-4-17(15-25)22(27)24-19-8-5-16-11-13-26(21(16)14-19)33(30,31)20-9-6-18(23)7-10-20/h5-10,14,17H,2-4,11-13,15H2,1H3,(H,24,27). The Morgan fingerprint density at radius 1 is 1.09 bits per heavy atom. The van der Waals surface area contributed by atoms with Gasteiger partial charge in [0.1, 0.15) is 0 Å². The Morgan fingerprint density at radius 2 is 1.82 bits per heavy atom. The van der Waals surface area contributed by atoms with Crippen LogP contribution in [0.1, 0.15) is 25.3 Å². The zero-order valence-electron chi connectivity index (χ0n) is 18.2. The minimum atomic E-state index is -3.77. The summed E-state index contributed by atoms with van der Waals surface area (Å²) in [6.45, 7) is 2.48. The van der Waals surface area contributed by atoms with Crippen LogP contribution in [0.25, 0.3) is 0 Å². The van der Waals surface area contributed by atoms with Crippen LogP contribution in [-0.4, -0.2) is 52.4 Å². The third-order valence-corrected chi connectivity index (χ3v) is 10.0. The lowest BCUT2D eigenvalue weighted by atomic mass is 9.98. The molecule has 0 saturated carbocycles. The van der Waals surface area contributed by atoms with Gasteiger partial charge in [-0.15, -0.1) is 0 Å². The number of hydrogen-bond acceptors (Lipinski definition) is 5. The molecular formula is C22H26ClN3O5S2. The Labute approximate surface area is 199 Å². The molecule has 1 fully saturated rings. The summed E-state index contributed by atoms with van der Waals surface area (Å²) in [5.74, 6) is -0.720. The maximum Gasteiger partial charge on any atom is 0.264 e. The summed E-state index contributed by atoms with van der Waals surface area (Å²) >= 11 is 5.89. The van der Waals surface area contributed by atoms with E-state index in [1.54, 1.807) is 19.1 Å². The number of nitrogens with zero attached hydrogens (tertiary/aromatic N) is 2. The van der Waals surface area contributed by atoms with Gasteiger partial charge in [0, 0.05) is 30.3 Å². The number of halogens is 1. The van der Waals surface area contributed by atoms with Crippen molar-refractivity contribution in [1.29, 1.82) is 0 Å². The van der Waals surface area contributed by atoms with Crippen molar-refractivity contribution in [2.45, 2.75) is 31.1 Å². The Kier molecular flexibility index (Phi) is 6.73. The molecular weight excluding hydrogens is 486 g/mol. The van der Waals surface area contributed by atoms with E-state index in [-0.39, 0.29) is 23.1 Å². The Balaban J connectivity index is 1.53. The number of fused-ring (bicyclic) bond motifs is 1. The fourth-order valence-electron chi connectivity index (χ4n) is 4.25. The highest BCUT2D eigenvalue weighted by atomic mass is 35.5. The molecule has 4 rings (SSSR count). The largest absolute Gasteiger partial charge is 0.326 e. The molecule has 0 spiro atoms. The van der Waals surface area contributed by atoms with Gasteiger partial charge in [0.05, 0.1) is 22.3 Å². The summed E-state index contributed by atoms with van der Waals surface area (Å²) in [7, 11) is -7.12. The van der Waals surface area contributed by atoms with Crippen molar-refractivity contribution >= 4 is 48.9 Å². The first-order chi connectivity index (χ1) is 15.6. The topological polar surface area (TPSA) is 104 Å². The van der Waals surface area contributed by atoms with E-state index in [4.69, 9.17) is 11.6 Å². The van der Waals surface area contributed by atoms with Crippen LogP contribution >= 0.6 is 11.6 Å². The van der Waals surface area contributed by atoms with E-state index in [0.717, 1.165) is 5.56 Å². The fraction of sp³-hybridized carbons (Fsp3) is 0.409. The molecule has 2 aromatic carbocycles. The molecule has 2 aliphatic rings. The lowest BCUT2D eigenvalue weighted by molar-refractivity contribution is -0.120. The Bertz CT molecular complexity index is 1260. The molecule has 2 aliphatic heterocycles. The van der Waals surface area contributed by atoms with Gasteiger partial charge in [-0.25, -0.2) is 21.1 Å². The molecule has 1 saturated heterocycles. The molecule has 0 bridgehead atoms. The average Bonchev–Trinajstić information content (AvgIpc) is 3.23. The molecule has 8 nitrogen and oxygen atoms in total. The molecule has 2 aromatic rings. The van der Waals surface area contributed by atoms with Gasteiger partial charge in [-0.3, -0.25) is 9.10 Å². The smallest absolute Gasteiger partial charge is 0.264 e.